The maximum Gasteiger partial charge on any atom is 0.323 e. The van der Waals surface area contributed by atoms with Crippen LogP contribution in [-0.4, -0.2) is 78.6 Å². The van der Waals surface area contributed by atoms with Crippen molar-refractivity contribution in [1.82, 2.24) is 9.80 Å². The number of urea groups is 2. The van der Waals surface area contributed by atoms with Crippen molar-refractivity contribution in [3.05, 3.63) is 84.4 Å². The van der Waals surface area contributed by atoms with E-state index in [1.165, 1.54) is 0 Å². The number of anilines is 3. The summed E-state index contributed by atoms with van der Waals surface area (Å²) in [5, 5.41) is 20.6. The van der Waals surface area contributed by atoms with Crippen LogP contribution in [0.2, 0.25) is 0 Å². The zero-order chi connectivity index (χ0) is 33.8. The van der Waals surface area contributed by atoms with Crippen molar-refractivity contribution in [3.63, 3.8) is 0 Å². The Balaban J connectivity index is 1.20. The molecule has 2 heterocycles. The highest BCUT2D eigenvalue weighted by atomic mass is 16.7. The monoisotopic (exact) mass is 653 g/mol. The fourth-order valence-electron chi connectivity index (χ4n) is 5.89. The first-order valence-electron chi connectivity index (χ1n) is 15.9. The highest BCUT2D eigenvalue weighted by Crippen LogP contribution is 2.34. The summed E-state index contributed by atoms with van der Waals surface area (Å²) in [6, 6.07) is 22.6. The molecule has 4 aromatic rings. The molecule has 4 N–H and O–H groups in total. The van der Waals surface area contributed by atoms with Crippen molar-refractivity contribution < 1.29 is 33.7 Å². The molecule has 48 heavy (non-hydrogen) atoms. The molecular formula is C36H39N5O7. The van der Waals surface area contributed by atoms with Crippen LogP contribution in [0.4, 0.5) is 26.7 Å². The largest absolute Gasteiger partial charge is 0.488 e. The maximum absolute atomic E-state index is 13.6. The van der Waals surface area contributed by atoms with E-state index < -0.39 is 18.2 Å². The molecule has 5 amide bonds. The molecule has 0 radical (unpaired) electrons. The van der Waals surface area contributed by atoms with Crippen LogP contribution in [-0.2, 0) is 11.2 Å². The van der Waals surface area contributed by atoms with E-state index in [0.29, 0.717) is 46.4 Å². The molecule has 0 saturated carbocycles. The summed E-state index contributed by atoms with van der Waals surface area (Å²) in [7, 11) is 1.70. The third kappa shape index (κ3) is 7.23. The summed E-state index contributed by atoms with van der Waals surface area (Å²) in [5.41, 5.74) is 2.26. The van der Waals surface area contributed by atoms with Crippen LogP contribution >= 0.6 is 0 Å². The van der Waals surface area contributed by atoms with Crippen LogP contribution in [0.3, 0.4) is 0 Å². The van der Waals surface area contributed by atoms with Crippen LogP contribution in [0, 0.1) is 5.92 Å². The minimum absolute atomic E-state index is 0.00415. The second-order valence-electron chi connectivity index (χ2n) is 12.2. The van der Waals surface area contributed by atoms with Gasteiger partial charge >= 0.3 is 12.1 Å². The van der Waals surface area contributed by atoms with Gasteiger partial charge in [0.2, 0.25) is 12.7 Å². The summed E-state index contributed by atoms with van der Waals surface area (Å²) in [4.78, 5) is 43.1. The summed E-state index contributed by atoms with van der Waals surface area (Å²) in [5.74, 6) is 1.24. The Morgan fingerprint density at radius 3 is 2.44 bits per heavy atom. The van der Waals surface area contributed by atoms with Gasteiger partial charge in [0.15, 0.2) is 11.5 Å². The standard InChI is InChI=1S/C36H39N5O7/c1-22-18-41(23(2)20-42)34(43)16-25-15-26(37-35(44)38-27-12-14-31-32(17-27)47-21-46-31)11-13-30(25)48-33(22)19-40(3)36(45)39-29-10-6-8-24-7-4-5-9-28(24)29/h4-15,17,22-23,33,42H,16,18-21H2,1-3H3,(H,39,45)(H2,37,38,44)/t22-,23-,33+/m1/s1. The molecule has 0 aromatic heterocycles. The van der Waals surface area contributed by atoms with Gasteiger partial charge < -0.3 is 45.1 Å². The van der Waals surface area contributed by atoms with Crippen LogP contribution in [0.15, 0.2) is 78.9 Å². The van der Waals surface area contributed by atoms with E-state index >= 15 is 0 Å². The smallest absolute Gasteiger partial charge is 0.323 e. The Hall–Kier alpha value is -5.49. The number of aliphatic hydroxyl groups excluding tert-OH is 1. The molecular weight excluding hydrogens is 614 g/mol. The quantitative estimate of drug-likeness (QED) is 0.206. The second kappa shape index (κ2) is 14.1. The molecule has 4 aromatic carbocycles. The lowest BCUT2D eigenvalue weighted by atomic mass is 10.0. The summed E-state index contributed by atoms with van der Waals surface area (Å²) < 4.78 is 17.3. The third-order valence-corrected chi connectivity index (χ3v) is 8.64. The van der Waals surface area contributed by atoms with Crippen molar-refractivity contribution in [2.75, 3.05) is 49.5 Å². The number of nitrogens with one attached hydrogen (secondary N) is 3. The Bertz CT molecular complexity index is 1830. The summed E-state index contributed by atoms with van der Waals surface area (Å²) in [6.07, 6.45) is -0.505. The van der Waals surface area contributed by atoms with Gasteiger partial charge in [-0.1, -0.05) is 43.3 Å². The molecule has 2 aliphatic heterocycles. The molecule has 0 bridgehead atoms. The van der Waals surface area contributed by atoms with Crippen LogP contribution < -0.4 is 30.2 Å². The van der Waals surface area contributed by atoms with E-state index in [0.717, 1.165) is 10.8 Å². The van der Waals surface area contributed by atoms with Gasteiger partial charge in [-0.05, 0) is 48.7 Å². The Morgan fingerprint density at radius 2 is 1.65 bits per heavy atom. The zero-order valence-corrected chi connectivity index (χ0v) is 27.1. The predicted octanol–water partition coefficient (Wildman–Crippen LogP) is 5.53. The SMILES string of the molecule is C[C@@H]1CN([C@H](C)CO)C(=O)Cc2cc(NC(=O)Nc3ccc4c(c3)OCO4)ccc2O[C@H]1CN(C)C(=O)Nc1cccc2ccccc12. The molecule has 0 spiro atoms. The number of nitrogens with zero attached hydrogens (tertiary/aromatic N) is 2. The third-order valence-electron chi connectivity index (χ3n) is 8.64. The number of aliphatic hydroxyl groups is 1. The van der Waals surface area contributed by atoms with Crippen LogP contribution in [0.25, 0.3) is 10.8 Å². The van der Waals surface area contributed by atoms with Gasteiger partial charge in [0, 0.05) is 47.9 Å². The maximum atomic E-state index is 13.6. The number of fused-ring (bicyclic) bond motifs is 3. The molecule has 0 saturated heterocycles. The van der Waals surface area contributed by atoms with Gasteiger partial charge in [0.25, 0.3) is 0 Å². The second-order valence-corrected chi connectivity index (χ2v) is 12.2. The minimum Gasteiger partial charge on any atom is -0.488 e. The first-order chi connectivity index (χ1) is 23.2. The molecule has 6 rings (SSSR count). The Labute approximate surface area is 278 Å². The number of likely N-dealkylation sites (N-methyl/N-ethyl adjacent to an activating group) is 1. The topological polar surface area (TPSA) is 142 Å². The highest BCUT2D eigenvalue weighted by Gasteiger charge is 2.32. The molecule has 0 unspecified atom stereocenters. The first kappa shape index (κ1) is 32.5. The number of carbonyl (C=O) groups excluding carboxylic acids is 3. The van der Waals surface area contributed by atoms with Gasteiger partial charge in [0.1, 0.15) is 11.9 Å². The van der Waals surface area contributed by atoms with E-state index in [4.69, 9.17) is 14.2 Å². The summed E-state index contributed by atoms with van der Waals surface area (Å²) >= 11 is 0. The van der Waals surface area contributed by atoms with E-state index in [1.54, 1.807) is 60.2 Å². The predicted molar refractivity (Wildman–Crippen MR) is 183 cm³/mol. The van der Waals surface area contributed by atoms with Gasteiger partial charge in [-0.25, -0.2) is 9.59 Å². The average molecular weight is 654 g/mol. The normalized spacial score (nSPS) is 17.7. The minimum atomic E-state index is -0.501. The zero-order valence-electron chi connectivity index (χ0n) is 27.1. The van der Waals surface area contributed by atoms with Crippen molar-refractivity contribution in [3.8, 4) is 17.2 Å². The molecule has 12 heteroatoms. The Morgan fingerprint density at radius 1 is 0.938 bits per heavy atom. The number of carbonyl (C=O) groups is 3. The number of amides is 5. The van der Waals surface area contributed by atoms with Gasteiger partial charge in [-0.2, -0.15) is 0 Å². The van der Waals surface area contributed by atoms with Crippen molar-refractivity contribution in [2.24, 2.45) is 5.92 Å². The van der Waals surface area contributed by atoms with E-state index in [1.807, 2.05) is 49.4 Å². The summed E-state index contributed by atoms with van der Waals surface area (Å²) in [6.45, 7) is 4.23. The first-order valence-corrected chi connectivity index (χ1v) is 15.9. The lowest BCUT2D eigenvalue weighted by Gasteiger charge is -2.34. The van der Waals surface area contributed by atoms with Crippen LogP contribution in [0.1, 0.15) is 19.4 Å². The average Bonchev–Trinajstić information content (AvgIpc) is 3.56. The molecule has 0 fully saturated rings. The van der Waals surface area contributed by atoms with Crippen LogP contribution in [0.5, 0.6) is 17.2 Å². The van der Waals surface area contributed by atoms with E-state index in [-0.39, 0.29) is 44.2 Å². The van der Waals surface area contributed by atoms with Crippen molar-refractivity contribution >= 4 is 45.8 Å². The molecule has 2 aliphatic rings. The number of hydrogen-bond donors (Lipinski definition) is 4. The lowest BCUT2D eigenvalue weighted by Crippen LogP contribution is -2.48. The highest BCUT2D eigenvalue weighted by molar-refractivity contribution is 6.02. The molecule has 0 aliphatic carbocycles. The number of hydrogen-bond acceptors (Lipinski definition) is 7. The fraction of sp³-hybridized carbons (Fsp3) is 0.306. The van der Waals surface area contributed by atoms with Crippen molar-refractivity contribution in [1.29, 1.82) is 0 Å². The van der Waals surface area contributed by atoms with Gasteiger partial charge in [-0.3, -0.25) is 4.79 Å². The molecule has 12 nitrogen and oxygen atoms in total. The number of ether oxygens (including phenoxy) is 3. The van der Waals surface area contributed by atoms with E-state index in [9.17, 15) is 19.5 Å². The molecule has 3 atom stereocenters. The van der Waals surface area contributed by atoms with Crippen molar-refractivity contribution in [2.45, 2.75) is 32.4 Å². The lowest BCUT2D eigenvalue weighted by molar-refractivity contribution is -0.134. The fourth-order valence-corrected chi connectivity index (χ4v) is 5.89. The van der Waals surface area contributed by atoms with E-state index in [2.05, 4.69) is 16.0 Å². The van der Waals surface area contributed by atoms with Gasteiger partial charge in [0.05, 0.1) is 31.3 Å². The number of rotatable bonds is 7. The van der Waals surface area contributed by atoms with Gasteiger partial charge in [-0.15, -0.1) is 0 Å². The Kier molecular flexibility index (Phi) is 9.53. The number of benzene rings is 4. The molecule has 250 valence electrons.